The van der Waals surface area contributed by atoms with Gasteiger partial charge in [0.1, 0.15) is 11.6 Å². The SMILES string of the molecule is COc1cccc(C(C)c2ncc[nH]2)c1. The van der Waals surface area contributed by atoms with Crippen molar-refractivity contribution in [2.75, 3.05) is 7.11 Å². The summed E-state index contributed by atoms with van der Waals surface area (Å²) >= 11 is 0. The Bertz CT molecular complexity index is 423. The lowest BCUT2D eigenvalue weighted by molar-refractivity contribution is 0.414. The van der Waals surface area contributed by atoms with Gasteiger partial charge in [0.25, 0.3) is 0 Å². The molecule has 15 heavy (non-hydrogen) atoms. The minimum absolute atomic E-state index is 0.259. The Kier molecular flexibility index (Phi) is 2.72. The van der Waals surface area contributed by atoms with Crippen LogP contribution in [0.25, 0.3) is 0 Å². The number of hydrogen-bond acceptors (Lipinski definition) is 2. The van der Waals surface area contributed by atoms with Crippen molar-refractivity contribution in [3.63, 3.8) is 0 Å². The van der Waals surface area contributed by atoms with Gasteiger partial charge in [-0.15, -0.1) is 0 Å². The summed E-state index contributed by atoms with van der Waals surface area (Å²) < 4.78 is 5.19. The summed E-state index contributed by atoms with van der Waals surface area (Å²) in [5.74, 6) is 2.12. The molecule has 3 nitrogen and oxygen atoms in total. The van der Waals surface area contributed by atoms with Crippen LogP contribution in [0.1, 0.15) is 24.2 Å². The fourth-order valence-corrected chi connectivity index (χ4v) is 1.58. The fourth-order valence-electron chi connectivity index (χ4n) is 1.58. The highest BCUT2D eigenvalue weighted by atomic mass is 16.5. The maximum atomic E-state index is 5.19. The van der Waals surface area contributed by atoms with Gasteiger partial charge in [-0.05, 0) is 17.7 Å². The van der Waals surface area contributed by atoms with E-state index in [4.69, 9.17) is 4.74 Å². The summed E-state index contributed by atoms with van der Waals surface area (Å²) in [5.41, 5.74) is 1.20. The number of ether oxygens (including phenoxy) is 1. The van der Waals surface area contributed by atoms with E-state index in [9.17, 15) is 0 Å². The second-order valence-corrected chi connectivity index (χ2v) is 3.47. The molecule has 78 valence electrons. The van der Waals surface area contributed by atoms with Gasteiger partial charge in [0, 0.05) is 18.3 Å². The molecule has 1 atom stereocenters. The monoisotopic (exact) mass is 202 g/mol. The predicted molar refractivity (Wildman–Crippen MR) is 59.1 cm³/mol. The summed E-state index contributed by atoms with van der Waals surface area (Å²) in [7, 11) is 1.68. The molecule has 0 amide bonds. The van der Waals surface area contributed by atoms with Gasteiger partial charge in [0.2, 0.25) is 0 Å². The normalized spacial score (nSPS) is 12.4. The van der Waals surface area contributed by atoms with Crippen LogP contribution in [0.2, 0.25) is 0 Å². The Hall–Kier alpha value is -1.77. The second kappa shape index (κ2) is 4.17. The molecule has 2 rings (SSSR count). The minimum Gasteiger partial charge on any atom is -0.497 e. The average Bonchev–Trinajstić information content (AvgIpc) is 2.81. The molecule has 1 heterocycles. The number of aromatic nitrogens is 2. The number of nitrogens with zero attached hydrogens (tertiary/aromatic N) is 1. The largest absolute Gasteiger partial charge is 0.497 e. The van der Waals surface area contributed by atoms with Crippen molar-refractivity contribution in [2.45, 2.75) is 12.8 Å². The third-order valence-electron chi connectivity index (χ3n) is 2.52. The summed E-state index contributed by atoms with van der Waals surface area (Å²) in [6.45, 7) is 2.12. The second-order valence-electron chi connectivity index (χ2n) is 3.47. The van der Waals surface area contributed by atoms with Crippen molar-refractivity contribution in [3.8, 4) is 5.75 Å². The zero-order valence-corrected chi connectivity index (χ0v) is 8.90. The Morgan fingerprint density at radius 1 is 1.40 bits per heavy atom. The first-order valence-electron chi connectivity index (χ1n) is 4.94. The Morgan fingerprint density at radius 2 is 2.27 bits per heavy atom. The van der Waals surface area contributed by atoms with Gasteiger partial charge >= 0.3 is 0 Å². The van der Waals surface area contributed by atoms with Gasteiger partial charge in [-0.25, -0.2) is 4.98 Å². The van der Waals surface area contributed by atoms with E-state index in [2.05, 4.69) is 23.0 Å². The van der Waals surface area contributed by atoms with Gasteiger partial charge in [-0.2, -0.15) is 0 Å². The molecule has 1 aromatic heterocycles. The van der Waals surface area contributed by atoms with E-state index in [0.717, 1.165) is 11.6 Å². The van der Waals surface area contributed by atoms with E-state index in [1.54, 1.807) is 13.3 Å². The number of hydrogen-bond donors (Lipinski definition) is 1. The summed E-state index contributed by atoms with van der Waals surface area (Å²) in [5, 5.41) is 0. The number of benzene rings is 1. The van der Waals surface area contributed by atoms with Crippen LogP contribution in [0.4, 0.5) is 0 Å². The smallest absolute Gasteiger partial charge is 0.119 e. The molecule has 0 radical (unpaired) electrons. The maximum Gasteiger partial charge on any atom is 0.119 e. The lowest BCUT2D eigenvalue weighted by atomic mass is 10.0. The minimum atomic E-state index is 0.259. The first-order chi connectivity index (χ1) is 7.31. The van der Waals surface area contributed by atoms with Gasteiger partial charge in [0.05, 0.1) is 7.11 Å². The lowest BCUT2D eigenvalue weighted by Crippen LogP contribution is -1.98. The molecule has 0 saturated heterocycles. The number of imidazole rings is 1. The van der Waals surface area contributed by atoms with Gasteiger partial charge in [-0.3, -0.25) is 0 Å². The number of rotatable bonds is 3. The van der Waals surface area contributed by atoms with Crippen molar-refractivity contribution in [1.29, 1.82) is 0 Å². The molecule has 0 fully saturated rings. The molecule has 2 aromatic rings. The number of methoxy groups -OCH3 is 1. The first-order valence-corrected chi connectivity index (χ1v) is 4.94. The Labute approximate surface area is 89.1 Å². The first kappa shape index (κ1) is 9.77. The average molecular weight is 202 g/mol. The Balaban J connectivity index is 2.29. The van der Waals surface area contributed by atoms with Crippen molar-refractivity contribution in [2.24, 2.45) is 0 Å². The summed E-state index contributed by atoms with van der Waals surface area (Å²) in [4.78, 5) is 7.37. The highest BCUT2D eigenvalue weighted by molar-refractivity contribution is 5.33. The van der Waals surface area contributed by atoms with Crippen molar-refractivity contribution in [1.82, 2.24) is 9.97 Å². The van der Waals surface area contributed by atoms with Gasteiger partial charge < -0.3 is 9.72 Å². The lowest BCUT2D eigenvalue weighted by Gasteiger charge is -2.10. The fraction of sp³-hybridized carbons (Fsp3) is 0.250. The van der Waals surface area contributed by atoms with Crippen LogP contribution < -0.4 is 4.74 Å². The molecular weight excluding hydrogens is 188 g/mol. The Morgan fingerprint density at radius 3 is 2.93 bits per heavy atom. The predicted octanol–water partition coefficient (Wildman–Crippen LogP) is 2.57. The van der Waals surface area contributed by atoms with E-state index in [1.807, 2.05) is 24.4 Å². The number of aromatic amines is 1. The molecule has 0 spiro atoms. The summed E-state index contributed by atoms with van der Waals surface area (Å²) in [6, 6.07) is 8.05. The number of H-pyrrole nitrogens is 1. The molecule has 1 aromatic carbocycles. The molecule has 0 aliphatic carbocycles. The molecule has 0 bridgehead atoms. The molecule has 1 unspecified atom stereocenters. The molecule has 3 heteroatoms. The van der Waals surface area contributed by atoms with Crippen LogP contribution in [0.3, 0.4) is 0 Å². The highest BCUT2D eigenvalue weighted by Gasteiger charge is 2.10. The van der Waals surface area contributed by atoms with E-state index in [-0.39, 0.29) is 5.92 Å². The van der Waals surface area contributed by atoms with Crippen LogP contribution in [0.15, 0.2) is 36.7 Å². The van der Waals surface area contributed by atoms with Crippen LogP contribution in [0.5, 0.6) is 5.75 Å². The van der Waals surface area contributed by atoms with Gasteiger partial charge in [-0.1, -0.05) is 19.1 Å². The third kappa shape index (κ3) is 2.01. The van der Waals surface area contributed by atoms with Crippen LogP contribution in [0, 0.1) is 0 Å². The molecule has 1 N–H and O–H groups in total. The quantitative estimate of drug-likeness (QED) is 0.830. The van der Waals surface area contributed by atoms with Crippen molar-refractivity contribution in [3.05, 3.63) is 48.0 Å². The number of nitrogens with one attached hydrogen (secondary N) is 1. The van der Waals surface area contributed by atoms with Crippen molar-refractivity contribution >= 4 is 0 Å². The van der Waals surface area contributed by atoms with Crippen LogP contribution in [-0.4, -0.2) is 17.1 Å². The summed E-state index contributed by atoms with van der Waals surface area (Å²) in [6.07, 6.45) is 3.61. The van der Waals surface area contributed by atoms with E-state index >= 15 is 0 Å². The molecule has 0 saturated carbocycles. The van der Waals surface area contributed by atoms with Crippen molar-refractivity contribution < 1.29 is 4.74 Å². The maximum absolute atomic E-state index is 5.19. The van der Waals surface area contributed by atoms with E-state index in [0.29, 0.717) is 0 Å². The molecule has 0 aliphatic heterocycles. The van der Waals surface area contributed by atoms with E-state index in [1.165, 1.54) is 5.56 Å². The highest BCUT2D eigenvalue weighted by Crippen LogP contribution is 2.24. The molecular formula is C12H14N2O. The topological polar surface area (TPSA) is 37.9 Å². The molecule has 0 aliphatic rings. The van der Waals surface area contributed by atoms with E-state index < -0.39 is 0 Å². The third-order valence-corrected chi connectivity index (χ3v) is 2.52. The van der Waals surface area contributed by atoms with Crippen LogP contribution in [-0.2, 0) is 0 Å². The van der Waals surface area contributed by atoms with Crippen LogP contribution >= 0.6 is 0 Å². The zero-order valence-electron chi connectivity index (χ0n) is 8.90. The standard InChI is InChI=1S/C12H14N2O/c1-9(12-13-6-7-14-12)10-4-3-5-11(8-10)15-2/h3-9H,1-2H3,(H,13,14). The zero-order chi connectivity index (χ0) is 10.7. The van der Waals surface area contributed by atoms with Gasteiger partial charge in [0.15, 0.2) is 0 Å².